The van der Waals surface area contributed by atoms with Crippen LogP contribution in [-0.2, 0) is 11.2 Å². The molecule has 25 heavy (non-hydrogen) atoms. The number of hydrogen-bond acceptors (Lipinski definition) is 4. The van der Waals surface area contributed by atoms with Gasteiger partial charge in [-0.15, -0.1) is 0 Å². The summed E-state index contributed by atoms with van der Waals surface area (Å²) in [6.45, 7) is 6.36. The van der Waals surface area contributed by atoms with Gasteiger partial charge in [0.05, 0.1) is 24.4 Å². The van der Waals surface area contributed by atoms with Crippen LogP contribution in [0.2, 0.25) is 0 Å². The molecule has 1 aliphatic rings. The van der Waals surface area contributed by atoms with Crippen molar-refractivity contribution in [1.82, 2.24) is 4.98 Å². The number of methoxy groups -OCH3 is 1. The second-order valence-corrected chi connectivity index (χ2v) is 6.58. The Morgan fingerprint density at radius 3 is 2.68 bits per heavy atom. The van der Waals surface area contributed by atoms with Gasteiger partial charge in [-0.05, 0) is 50.8 Å². The van der Waals surface area contributed by atoms with E-state index < -0.39 is 5.97 Å². The SMILES string of the molecule is COC(=O)c1c(C)[nH]c(C(=O)C(C)N2CCCc3ccccc32)c1C. The van der Waals surface area contributed by atoms with Gasteiger partial charge in [-0.25, -0.2) is 4.79 Å². The zero-order chi connectivity index (χ0) is 18.1. The van der Waals surface area contributed by atoms with Crippen LogP contribution < -0.4 is 4.90 Å². The molecule has 1 unspecified atom stereocenters. The Labute approximate surface area is 148 Å². The number of nitrogens with one attached hydrogen (secondary N) is 1. The van der Waals surface area contributed by atoms with Crippen LogP contribution in [0.15, 0.2) is 24.3 Å². The van der Waals surface area contributed by atoms with Crippen molar-refractivity contribution in [1.29, 1.82) is 0 Å². The molecule has 0 bridgehead atoms. The van der Waals surface area contributed by atoms with Crippen LogP contribution >= 0.6 is 0 Å². The maximum absolute atomic E-state index is 13.1. The number of Topliss-reactive ketones (excluding diaryl/α,β-unsaturated/α-hetero) is 1. The van der Waals surface area contributed by atoms with Gasteiger partial charge in [0, 0.05) is 17.9 Å². The van der Waals surface area contributed by atoms with Gasteiger partial charge in [-0.3, -0.25) is 4.79 Å². The fourth-order valence-corrected chi connectivity index (χ4v) is 3.72. The number of H-pyrrole nitrogens is 1. The van der Waals surface area contributed by atoms with E-state index in [0.29, 0.717) is 22.5 Å². The Balaban J connectivity index is 1.93. The van der Waals surface area contributed by atoms with Crippen LogP contribution in [0, 0.1) is 13.8 Å². The largest absolute Gasteiger partial charge is 0.465 e. The van der Waals surface area contributed by atoms with Crippen molar-refractivity contribution in [3.05, 3.63) is 52.3 Å². The maximum atomic E-state index is 13.1. The lowest BCUT2D eigenvalue weighted by Gasteiger charge is -2.35. The Hall–Kier alpha value is -2.56. The Morgan fingerprint density at radius 1 is 1.24 bits per heavy atom. The van der Waals surface area contributed by atoms with Gasteiger partial charge in [0.25, 0.3) is 0 Å². The fourth-order valence-electron chi connectivity index (χ4n) is 3.72. The molecule has 0 amide bonds. The standard InChI is InChI=1S/C20H24N2O3/c1-12-17(20(24)25-4)13(2)21-18(12)19(23)14(3)22-11-7-9-15-8-5-6-10-16(15)22/h5-6,8,10,14,21H,7,9,11H2,1-4H3. The van der Waals surface area contributed by atoms with Crippen molar-refractivity contribution in [3.63, 3.8) is 0 Å². The molecular formula is C20H24N2O3. The van der Waals surface area contributed by atoms with Gasteiger partial charge in [-0.2, -0.15) is 0 Å². The minimum absolute atomic E-state index is 0.00699. The third-order valence-corrected chi connectivity index (χ3v) is 5.07. The summed E-state index contributed by atoms with van der Waals surface area (Å²) >= 11 is 0. The topological polar surface area (TPSA) is 62.4 Å². The minimum Gasteiger partial charge on any atom is -0.465 e. The van der Waals surface area contributed by atoms with E-state index in [1.807, 2.05) is 19.1 Å². The number of aryl methyl sites for hydroxylation is 2. The number of rotatable bonds is 4. The number of carbonyl (C=O) groups excluding carboxylic acids is 2. The monoisotopic (exact) mass is 340 g/mol. The van der Waals surface area contributed by atoms with Gasteiger partial charge >= 0.3 is 5.97 Å². The smallest absolute Gasteiger partial charge is 0.339 e. The number of ether oxygens (including phenoxy) is 1. The second kappa shape index (κ2) is 6.75. The van der Waals surface area contributed by atoms with E-state index in [1.165, 1.54) is 12.7 Å². The molecule has 1 N–H and O–H groups in total. The molecule has 0 saturated heterocycles. The summed E-state index contributed by atoms with van der Waals surface area (Å²) in [6, 6.07) is 7.94. The lowest BCUT2D eigenvalue weighted by Crippen LogP contribution is -2.42. The van der Waals surface area contributed by atoms with E-state index in [1.54, 1.807) is 13.8 Å². The number of ketones is 1. The molecule has 1 aromatic heterocycles. The Morgan fingerprint density at radius 2 is 1.96 bits per heavy atom. The molecule has 1 aromatic carbocycles. The van der Waals surface area contributed by atoms with Crippen molar-refractivity contribution in [3.8, 4) is 0 Å². The van der Waals surface area contributed by atoms with Crippen molar-refractivity contribution in [2.45, 2.75) is 39.7 Å². The Bertz CT molecular complexity index is 822. The molecule has 2 heterocycles. The summed E-state index contributed by atoms with van der Waals surface area (Å²) in [7, 11) is 1.35. The number of aromatic nitrogens is 1. The number of aromatic amines is 1. The molecule has 0 saturated carbocycles. The van der Waals surface area contributed by atoms with Gasteiger partial charge in [0.15, 0.2) is 0 Å². The molecule has 132 valence electrons. The molecule has 5 nitrogen and oxygen atoms in total. The fraction of sp³-hybridized carbons (Fsp3) is 0.400. The van der Waals surface area contributed by atoms with Crippen LogP contribution in [0.5, 0.6) is 0 Å². The first-order valence-electron chi connectivity index (χ1n) is 8.62. The van der Waals surface area contributed by atoms with Crippen LogP contribution in [-0.4, -0.2) is 36.4 Å². The molecule has 0 fully saturated rings. The van der Waals surface area contributed by atoms with E-state index in [0.717, 1.165) is 25.1 Å². The van der Waals surface area contributed by atoms with Crippen LogP contribution in [0.3, 0.4) is 0 Å². The van der Waals surface area contributed by atoms with Gasteiger partial charge in [-0.1, -0.05) is 18.2 Å². The normalized spacial score (nSPS) is 14.8. The highest BCUT2D eigenvalue weighted by molar-refractivity contribution is 6.05. The van der Waals surface area contributed by atoms with Crippen LogP contribution in [0.1, 0.15) is 51.0 Å². The number of benzene rings is 1. The summed E-state index contributed by atoms with van der Waals surface area (Å²) in [5, 5.41) is 0. The Kier molecular flexibility index (Phi) is 4.66. The quantitative estimate of drug-likeness (QED) is 0.684. The molecule has 0 radical (unpaired) electrons. The van der Waals surface area contributed by atoms with Crippen LogP contribution in [0.25, 0.3) is 0 Å². The molecule has 3 rings (SSSR count). The molecular weight excluding hydrogens is 316 g/mol. The average molecular weight is 340 g/mol. The first kappa shape index (κ1) is 17.3. The van der Waals surface area contributed by atoms with E-state index in [-0.39, 0.29) is 11.8 Å². The van der Waals surface area contributed by atoms with Crippen LogP contribution in [0.4, 0.5) is 5.69 Å². The van der Waals surface area contributed by atoms with Gasteiger partial charge in [0.1, 0.15) is 0 Å². The van der Waals surface area contributed by atoms with E-state index in [4.69, 9.17) is 4.74 Å². The zero-order valence-electron chi connectivity index (χ0n) is 15.2. The number of esters is 1. The van der Waals surface area contributed by atoms with Crippen molar-refractivity contribution < 1.29 is 14.3 Å². The molecule has 1 aliphatic heterocycles. The second-order valence-electron chi connectivity index (χ2n) is 6.58. The first-order valence-corrected chi connectivity index (χ1v) is 8.62. The summed E-state index contributed by atoms with van der Waals surface area (Å²) in [5.74, 6) is -0.422. The summed E-state index contributed by atoms with van der Waals surface area (Å²) in [5.41, 5.74) is 4.68. The number of nitrogens with zero attached hydrogens (tertiary/aromatic N) is 1. The highest BCUT2D eigenvalue weighted by Gasteiger charge is 2.30. The summed E-state index contributed by atoms with van der Waals surface area (Å²) in [4.78, 5) is 30.3. The predicted octanol–water partition coefficient (Wildman–Crippen LogP) is 3.44. The number of para-hydroxylation sites is 1. The molecule has 0 aliphatic carbocycles. The molecule has 1 atom stereocenters. The van der Waals surface area contributed by atoms with E-state index >= 15 is 0 Å². The number of hydrogen-bond donors (Lipinski definition) is 1. The van der Waals surface area contributed by atoms with Crippen molar-refractivity contribution >= 4 is 17.4 Å². The van der Waals surface area contributed by atoms with Crippen molar-refractivity contribution in [2.24, 2.45) is 0 Å². The number of carbonyl (C=O) groups is 2. The predicted molar refractivity (Wildman–Crippen MR) is 97.5 cm³/mol. The lowest BCUT2D eigenvalue weighted by atomic mass is 9.97. The van der Waals surface area contributed by atoms with E-state index in [2.05, 4.69) is 22.0 Å². The highest BCUT2D eigenvalue weighted by atomic mass is 16.5. The van der Waals surface area contributed by atoms with E-state index in [9.17, 15) is 9.59 Å². The minimum atomic E-state index is -0.415. The maximum Gasteiger partial charge on any atom is 0.339 e. The highest BCUT2D eigenvalue weighted by Crippen LogP contribution is 2.30. The molecule has 0 spiro atoms. The number of fused-ring (bicyclic) bond motifs is 1. The third kappa shape index (κ3) is 2.95. The molecule has 5 heteroatoms. The lowest BCUT2D eigenvalue weighted by molar-refractivity contribution is 0.0599. The average Bonchev–Trinajstić information content (AvgIpc) is 2.93. The molecule has 2 aromatic rings. The first-order chi connectivity index (χ1) is 12.0. The van der Waals surface area contributed by atoms with Gasteiger partial charge in [0.2, 0.25) is 5.78 Å². The summed E-state index contributed by atoms with van der Waals surface area (Å²) < 4.78 is 4.83. The zero-order valence-corrected chi connectivity index (χ0v) is 15.2. The third-order valence-electron chi connectivity index (χ3n) is 5.07. The van der Waals surface area contributed by atoms with Gasteiger partial charge < -0.3 is 14.6 Å². The summed E-state index contributed by atoms with van der Waals surface area (Å²) in [6.07, 6.45) is 2.07. The number of anilines is 1. The van der Waals surface area contributed by atoms with Crippen molar-refractivity contribution in [2.75, 3.05) is 18.6 Å².